The molecule has 4 aromatic rings. The number of esters is 2. The number of carbonyl (C=O) groups is 2. The molecule has 14 heteroatoms. The summed E-state index contributed by atoms with van der Waals surface area (Å²) in [6.45, 7) is 9.26. The van der Waals surface area contributed by atoms with Crippen LogP contribution in [0.25, 0.3) is 11.2 Å². The van der Waals surface area contributed by atoms with Crippen molar-refractivity contribution in [1.29, 1.82) is 0 Å². The number of imidazole rings is 1. The molecule has 0 bridgehead atoms. The first-order valence-corrected chi connectivity index (χ1v) is 20.2. The predicted octanol–water partition coefficient (Wildman–Crippen LogP) is 6.26. The number of aromatic nitrogens is 3. The molecule has 0 saturated carbocycles. The number of nitrogen functional groups attached to an aromatic ring is 1. The van der Waals surface area contributed by atoms with Crippen LogP contribution in [-0.4, -0.2) is 71.3 Å². The number of hydrogen-bond donors (Lipinski definition) is 4. The molecular weight excluding hydrogens is 693 g/mol. The highest BCUT2D eigenvalue weighted by Crippen LogP contribution is 2.39. The van der Waals surface area contributed by atoms with Crippen molar-refractivity contribution in [2.45, 2.75) is 77.4 Å². The maximum atomic E-state index is 15.1. The van der Waals surface area contributed by atoms with Gasteiger partial charge in [-0.1, -0.05) is 99.8 Å². The summed E-state index contributed by atoms with van der Waals surface area (Å²) in [5, 5.41) is 9.40. The van der Waals surface area contributed by atoms with Gasteiger partial charge in [0.15, 0.2) is 5.65 Å². The lowest BCUT2D eigenvalue weighted by Gasteiger charge is -2.29. The molecule has 0 fully saturated rings. The summed E-state index contributed by atoms with van der Waals surface area (Å²) in [4.78, 5) is 36.1. The smallest absolute Gasteiger partial charge is 0.323 e. The highest BCUT2D eigenvalue weighted by molar-refractivity contribution is 7.59. The molecule has 0 spiro atoms. The molecule has 0 aliphatic carbocycles. The first-order chi connectivity index (χ1) is 25.7. The van der Waals surface area contributed by atoms with Crippen LogP contribution >= 0.6 is 7.44 Å². The van der Waals surface area contributed by atoms with Gasteiger partial charge in [0, 0.05) is 19.2 Å². The van der Waals surface area contributed by atoms with Crippen LogP contribution in [0.2, 0.25) is 0 Å². The molecule has 286 valence electrons. The Morgan fingerprint density at radius 3 is 2.04 bits per heavy atom. The van der Waals surface area contributed by atoms with Crippen molar-refractivity contribution in [1.82, 2.24) is 24.7 Å². The summed E-state index contributed by atoms with van der Waals surface area (Å²) in [5.74, 6) is -0.752. The quantitative estimate of drug-likeness (QED) is 0.0260. The minimum atomic E-state index is -3.88. The van der Waals surface area contributed by atoms with E-state index in [-0.39, 0.29) is 39.0 Å². The number of nitrogens with two attached hydrogens (primary N) is 1. The van der Waals surface area contributed by atoms with Crippen LogP contribution in [0.3, 0.4) is 0 Å². The summed E-state index contributed by atoms with van der Waals surface area (Å²) in [6, 6.07) is 18.6. The number of nitrogens with one attached hydrogen (secondary N) is 3. The Labute approximate surface area is 312 Å². The molecule has 5 N–H and O–H groups in total. The maximum Gasteiger partial charge on any atom is 0.323 e. The number of pyridine rings is 1. The fraction of sp³-hybridized carbons (Fsp3) is 0.436. The standard InChI is InChI=1S/C39H54N7O6P/c1-4-7-15-23-52-39(48)34(26-31-18-13-10-14-19-31)45-53(49,44-33(38(47)51-22-8-5-2)25-30-16-11-9-12-17-30)29-50-24-21-46-28-42-36-32(41-20-6-3)27-35(40)43-37(36)46/h6,9-14,16-19,27-28,33-34H,3-5,7-8,15,20-26,29H2,1-2H3,(H3,40,41,43)(H2,44,45,49). The van der Waals surface area contributed by atoms with Crippen molar-refractivity contribution in [3.05, 3.63) is 96.8 Å². The first-order valence-electron chi connectivity index (χ1n) is 18.3. The fourth-order valence-corrected chi connectivity index (χ4v) is 7.62. The van der Waals surface area contributed by atoms with E-state index < -0.39 is 31.5 Å². The Kier molecular flexibility index (Phi) is 17.0. The number of nitrogens with zero attached hydrogens (tertiary/aromatic N) is 3. The fourth-order valence-electron chi connectivity index (χ4n) is 5.61. The molecule has 4 rings (SSSR count). The van der Waals surface area contributed by atoms with Crippen LogP contribution in [0, 0.1) is 0 Å². The molecule has 0 saturated heterocycles. The molecule has 0 aliphatic heterocycles. The lowest BCUT2D eigenvalue weighted by molar-refractivity contribution is -0.146. The normalized spacial score (nSPS) is 13.5. The van der Waals surface area contributed by atoms with Gasteiger partial charge in [0.25, 0.3) is 0 Å². The van der Waals surface area contributed by atoms with Crippen LogP contribution in [0.4, 0.5) is 11.5 Å². The SMILES string of the molecule is C=CCNc1cc(N)nc2c1ncn2CCOCP(=O)(NC(Cc1ccccc1)C(=O)OCCCC)NC(Cc1ccccc1)C(=O)OCCCCC. The number of hydrogen-bond acceptors (Lipinski definition) is 10. The van der Waals surface area contributed by atoms with Crippen molar-refractivity contribution in [3.63, 3.8) is 0 Å². The maximum absolute atomic E-state index is 15.1. The van der Waals surface area contributed by atoms with Crippen molar-refractivity contribution in [2.75, 3.05) is 43.8 Å². The molecule has 53 heavy (non-hydrogen) atoms. The van der Waals surface area contributed by atoms with E-state index in [1.54, 1.807) is 23.0 Å². The molecule has 3 atom stereocenters. The monoisotopic (exact) mass is 747 g/mol. The molecule has 0 radical (unpaired) electrons. The number of rotatable bonds is 25. The van der Waals surface area contributed by atoms with E-state index in [1.165, 1.54) is 0 Å². The third-order valence-corrected chi connectivity index (χ3v) is 10.4. The number of ether oxygens (including phenoxy) is 3. The van der Waals surface area contributed by atoms with Crippen LogP contribution < -0.4 is 21.2 Å². The zero-order chi connectivity index (χ0) is 37.9. The number of fused-ring (bicyclic) bond motifs is 1. The van der Waals surface area contributed by atoms with E-state index in [2.05, 4.69) is 39.0 Å². The van der Waals surface area contributed by atoms with Gasteiger partial charge in [-0.2, -0.15) is 0 Å². The predicted molar refractivity (Wildman–Crippen MR) is 210 cm³/mol. The lowest BCUT2D eigenvalue weighted by atomic mass is 10.1. The minimum Gasteiger partial charge on any atom is -0.465 e. The van der Waals surface area contributed by atoms with Crippen molar-refractivity contribution < 1.29 is 28.4 Å². The van der Waals surface area contributed by atoms with Gasteiger partial charge in [0.2, 0.25) is 7.44 Å². The van der Waals surface area contributed by atoms with Crippen molar-refractivity contribution >= 4 is 42.1 Å². The Morgan fingerprint density at radius 1 is 0.887 bits per heavy atom. The highest BCUT2D eigenvalue weighted by Gasteiger charge is 2.36. The Bertz CT molecular complexity index is 1770. The summed E-state index contributed by atoms with van der Waals surface area (Å²) in [5.41, 5.74) is 9.72. The molecule has 0 aliphatic rings. The van der Waals surface area contributed by atoms with Gasteiger partial charge in [-0.3, -0.25) is 14.2 Å². The topological polar surface area (TPSA) is 172 Å². The average Bonchev–Trinajstić information content (AvgIpc) is 3.57. The van der Waals surface area contributed by atoms with Gasteiger partial charge in [-0.05, 0) is 36.8 Å². The Hall–Kier alpha value is -4.55. The zero-order valence-electron chi connectivity index (χ0n) is 30.9. The molecule has 2 heterocycles. The first kappa shape index (κ1) is 41.2. The van der Waals surface area contributed by atoms with E-state index in [9.17, 15) is 9.59 Å². The lowest BCUT2D eigenvalue weighted by Crippen LogP contribution is -2.46. The molecule has 3 unspecified atom stereocenters. The Balaban J connectivity index is 1.59. The highest BCUT2D eigenvalue weighted by atomic mass is 31.2. The third-order valence-electron chi connectivity index (χ3n) is 8.38. The van der Waals surface area contributed by atoms with Crippen LogP contribution in [-0.2, 0) is 47.8 Å². The van der Waals surface area contributed by atoms with Gasteiger partial charge < -0.3 is 29.8 Å². The summed E-state index contributed by atoms with van der Waals surface area (Å²) in [7, 11) is -3.88. The van der Waals surface area contributed by atoms with E-state index >= 15 is 4.57 Å². The van der Waals surface area contributed by atoms with Gasteiger partial charge in [0.05, 0.1) is 31.8 Å². The molecule has 0 amide bonds. The molecule has 2 aromatic carbocycles. The van der Waals surface area contributed by atoms with Crippen LogP contribution in [0.1, 0.15) is 57.1 Å². The van der Waals surface area contributed by atoms with Crippen molar-refractivity contribution in [3.8, 4) is 0 Å². The number of benzene rings is 2. The second-order valence-electron chi connectivity index (χ2n) is 12.8. The number of anilines is 2. The number of carbonyl (C=O) groups excluding carboxylic acids is 2. The zero-order valence-corrected chi connectivity index (χ0v) is 31.8. The van der Waals surface area contributed by atoms with Crippen LogP contribution in [0.5, 0.6) is 0 Å². The summed E-state index contributed by atoms with van der Waals surface area (Å²) < 4.78 is 34.3. The minimum absolute atomic E-state index is 0.111. The van der Waals surface area contributed by atoms with E-state index in [1.807, 2.05) is 67.6 Å². The van der Waals surface area contributed by atoms with Gasteiger partial charge in [-0.15, -0.1) is 6.58 Å². The Morgan fingerprint density at radius 2 is 1.47 bits per heavy atom. The van der Waals surface area contributed by atoms with E-state index in [0.29, 0.717) is 36.5 Å². The molecule has 13 nitrogen and oxygen atoms in total. The average molecular weight is 748 g/mol. The van der Waals surface area contributed by atoms with Gasteiger partial charge >= 0.3 is 11.9 Å². The second kappa shape index (κ2) is 21.9. The van der Waals surface area contributed by atoms with Gasteiger partial charge in [-0.25, -0.2) is 20.1 Å². The number of unbranched alkanes of at least 4 members (excludes halogenated alkanes) is 3. The summed E-state index contributed by atoms with van der Waals surface area (Å²) >= 11 is 0. The largest absolute Gasteiger partial charge is 0.465 e. The van der Waals surface area contributed by atoms with Gasteiger partial charge in [0.1, 0.15) is 29.8 Å². The third kappa shape index (κ3) is 13.4. The van der Waals surface area contributed by atoms with E-state index in [4.69, 9.17) is 19.9 Å². The summed E-state index contributed by atoms with van der Waals surface area (Å²) in [6.07, 6.45) is 7.60. The van der Waals surface area contributed by atoms with Crippen molar-refractivity contribution in [2.24, 2.45) is 0 Å². The van der Waals surface area contributed by atoms with Crippen LogP contribution in [0.15, 0.2) is 85.7 Å². The molecule has 2 aromatic heterocycles. The second-order valence-corrected chi connectivity index (χ2v) is 15.0. The molecular formula is C39H54N7O6P. The van der Waals surface area contributed by atoms with E-state index in [0.717, 1.165) is 42.5 Å².